The van der Waals surface area contributed by atoms with Gasteiger partial charge in [-0.25, -0.2) is 0 Å². The van der Waals surface area contributed by atoms with Gasteiger partial charge in [0, 0.05) is 22.3 Å². The van der Waals surface area contributed by atoms with E-state index in [2.05, 4.69) is 0 Å². The highest BCUT2D eigenvalue weighted by atomic mass is 32.2. The molecular weight excluding hydrogens is 244 g/mol. The van der Waals surface area contributed by atoms with Crippen LogP contribution in [-0.4, -0.2) is 9.32 Å². The van der Waals surface area contributed by atoms with Crippen LogP contribution < -0.4 is 0 Å². The fourth-order valence-electron chi connectivity index (χ4n) is 1.74. The van der Waals surface area contributed by atoms with Crippen molar-refractivity contribution in [1.29, 1.82) is 0 Å². The molecule has 3 heteroatoms. The summed E-state index contributed by atoms with van der Waals surface area (Å²) >= 11 is 0. The Balaban J connectivity index is 1.94. The van der Waals surface area contributed by atoms with Gasteiger partial charge < -0.3 is 5.11 Å². The Hall–Kier alpha value is -1.45. The molecule has 18 heavy (non-hydrogen) atoms. The molecule has 0 aliphatic heterocycles. The van der Waals surface area contributed by atoms with Crippen LogP contribution in [0.15, 0.2) is 54.6 Å². The molecule has 0 bridgehead atoms. The van der Waals surface area contributed by atoms with E-state index in [-0.39, 0.29) is 6.61 Å². The molecule has 0 radical (unpaired) electrons. The summed E-state index contributed by atoms with van der Waals surface area (Å²) in [4.78, 5) is 0. The van der Waals surface area contributed by atoms with Crippen LogP contribution in [0.4, 0.5) is 0 Å². The van der Waals surface area contributed by atoms with Crippen molar-refractivity contribution in [1.82, 2.24) is 0 Å². The van der Waals surface area contributed by atoms with Crippen molar-refractivity contribution in [2.75, 3.05) is 0 Å². The molecular formula is C15H16O2S. The van der Waals surface area contributed by atoms with E-state index in [1.165, 1.54) is 0 Å². The molecule has 0 saturated heterocycles. The zero-order valence-electron chi connectivity index (χ0n) is 10.1. The Morgan fingerprint density at radius 1 is 0.778 bits per heavy atom. The van der Waals surface area contributed by atoms with Crippen molar-refractivity contribution in [3.63, 3.8) is 0 Å². The first kappa shape index (κ1) is 13.0. The smallest absolute Gasteiger partial charge is 0.0681 e. The highest BCUT2D eigenvalue weighted by molar-refractivity contribution is 7.83. The molecule has 2 nitrogen and oxygen atoms in total. The average Bonchev–Trinajstić information content (AvgIpc) is 2.40. The number of aliphatic hydroxyl groups excluding tert-OH is 1. The van der Waals surface area contributed by atoms with Gasteiger partial charge in [0.05, 0.1) is 6.61 Å². The van der Waals surface area contributed by atoms with Crippen LogP contribution >= 0.6 is 0 Å². The molecule has 0 saturated carbocycles. The molecule has 1 unspecified atom stereocenters. The van der Waals surface area contributed by atoms with E-state index >= 15 is 0 Å². The number of benzene rings is 2. The maximum absolute atomic E-state index is 12.0. The Bertz CT molecular complexity index is 506. The molecule has 0 aliphatic carbocycles. The number of rotatable bonds is 5. The third kappa shape index (κ3) is 3.79. The second-order valence-electron chi connectivity index (χ2n) is 4.19. The summed E-state index contributed by atoms with van der Waals surface area (Å²) in [5.74, 6) is 1.14. The number of aliphatic hydroxyl groups is 1. The minimum absolute atomic E-state index is 0.0490. The fourth-order valence-corrected chi connectivity index (χ4v) is 2.97. The molecule has 0 spiro atoms. The zero-order valence-corrected chi connectivity index (χ0v) is 10.9. The van der Waals surface area contributed by atoms with E-state index in [1.54, 1.807) is 0 Å². The van der Waals surface area contributed by atoms with Crippen molar-refractivity contribution in [3.05, 3.63) is 71.3 Å². The summed E-state index contributed by atoms with van der Waals surface area (Å²) in [5, 5.41) is 8.95. The Morgan fingerprint density at radius 2 is 1.28 bits per heavy atom. The molecule has 2 rings (SSSR count). The first-order valence-electron chi connectivity index (χ1n) is 5.85. The van der Waals surface area contributed by atoms with Crippen LogP contribution in [0.5, 0.6) is 0 Å². The van der Waals surface area contributed by atoms with Gasteiger partial charge in [0.15, 0.2) is 0 Å². The fraction of sp³-hybridized carbons (Fsp3) is 0.200. The van der Waals surface area contributed by atoms with Gasteiger partial charge in [-0.05, 0) is 16.7 Å². The molecule has 0 amide bonds. The van der Waals surface area contributed by atoms with E-state index in [0.29, 0.717) is 11.5 Å². The SMILES string of the molecule is O=S(Cc1ccccc1)Cc1ccc(CO)cc1. The molecule has 94 valence electrons. The molecule has 1 N–H and O–H groups in total. The van der Waals surface area contributed by atoms with E-state index in [0.717, 1.165) is 16.7 Å². The van der Waals surface area contributed by atoms with Crippen LogP contribution in [0, 0.1) is 0 Å². The van der Waals surface area contributed by atoms with Crippen molar-refractivity contribution < 1.29 is 9.32 Å². The maximum atomic E-state index is 12.0. The quantitative estimate of drug-likeness (QED) is 0.897. The van der Waals surface area contributed by atoms with Crippen molar-refractivity contribution in [2.45, 2.75) is 18.1 Å². The Morgan fingerprint density at radius 3 is 1.83 bits per heavy atom. The van der Waals surface area contributed by atoms with Gasteiger partial charge in [0.2, 0.25) is 0 Å². The number of hydrogen-bond acceptors (Lipinski definition) is 2. The topological polar surface area (TPSA) is 37.3 Å². The van der Waals surface area contributed by atoms with Gasteiger partial charge in [0.1, 0.15) is 0 Å². The van der Waals surface area contributed by atoms with Gasteiger partial charge in [0.25, 0.3) is 0 Å². The minimum atomic E-state index is -0.893. The Labute approximate surface area is 110 Å². The molecule has 1 atom stereocenters. The van der Waals surface area contributed by atoms with Crippen molar-refractivity contribution in [2.24, 2.45) is 0 Å². The van der Waals surface area contributed by atoms with Crippen LogP contribution in [0.1, 0.15) is 16.7 Å². The van der Waals surface area contributed by atoms with E-state index in [9.17, 15) is 4.21 Å². The second-order valence-corrected chi connectivity index (χ2v) is 5.65. The standard InChI is InChI=1S/C15H16O2S/c16-10-13-6-8-15(9-7-13)12-18(17)11-14-4-2-1-3-5-14/h1-9,16H,10-12H2. The second kappa shape index (κ2) is 6.47. The molecule has 0 aliphatic rings. The van der Waals surface area contributed by atoms with Crippen molar-refractivity contribution >= 4 is 10.8 Å². The molecule has 0 heterocycles. The van der Waals surface area contributed by atoms with Gasteiger partial charge in [-0.2, -0.15) is 0 Å². The van der Waals surface area contributed by atoms with Crippen LogP contribution in [-0.2, 0) is 28.9 Å². The van der Waals surface area contributed by atoms with Gasteiger partial charge in [-0.15, -0.1) is 0 Å². The first-order chi connectivity index (χ1) is 8.78. The van der Waals surface area contributed by atoms with E-state index < -0.39 is 10.8 Å². The number of hydrogen-bond donors (Lipinski definition) is 1. The Kier molecular flexibility index (Phi) is 4.67. The average molecular weight is 260 g/mol. The lowest BCUT2D eigenvalue weighted by atomic mass is 10.2. The lowest BCUT2D eigenvalue weighted by molar-refractivity contribution is 0.282. The zero-order chi connectivity index (χ0) is 12.8. The van der Waals surface area contributed by atoms with E-state index in [4.69, 9.17) is 5.11 Å². The summed E-state index contributed by atoms with van der Waals surface area (Å²) in [6, 6.07) is 17.5. The summed E-state index contributed by atoms with van der Waals surface area (Å²) in [6.45, 7) is 0.0490. The molecule has 0 fully saturated rings. The predicted octanol–water partition coefficient (Wildman–Crippen LogP) is 2.63. The molecule has 0 aromatic heterocycles. The molecule has 2 aromatic carbocycles. The minimum Gasteiger partial charge on any atom is -0.392 e. The largest absolute Gasteiger partial charge is 0.392 e. The van der Waals surface area contributed by atoms with Crippen LogP contribution in [0.25, 0.3) is 0 Å². The van der Waals surface area contributed by atoms with Crippen LogP contribution in [0.3, 0.4) is 0 Å². The first-order valence-corrected chi connectivity index (χ1v) is 7.34. The third-order valence-corrected chi connectivity index (χ3v) is 4.01. The summed E-state index contributed by atoms with van der Waals surface area (Å²) in [6.07, 6.45) is 0. The van der Waals surface area contributed by atoms with Gasteiger partial charge in [-0.3, -0.25) is 4.21 Å². The molecule has 2 aromatic rings. The lowest BCUT2D eigenvalue weighted by Gasteiger charge is -2.04. The predicted molar refractivity (Wildman–Crippen MR) is 74.4 cm³/mol. The third-order valence-electron chi connectivity index (χ3n) is 2.70. The van der Waals surface area contributed by atoms with E-state index in [1.807, 2.05) is 54.6 Å². The highest BCUT2D eigenvalue weighted by Crippen LogP contribution is 2.10. The van der Waals surface area contributed by atoms with Crippen LogP contribution in [0.2, 0.25) is 0 Å². The lowest BCUT2D eigenvalue weighted by Crippen LogP contribution is -1.99. The van der Waals surface area contributed by atoms with Gasteiger partial charge in [-0.1, -0.05) is 54.6 Å². The van der Waals surface area contributed by atoms with Gasteiger partial charge >= 0.3 is 0 Å². The summed E-state index contributed by atoms with van der Waals surface area (Å²) < 4.78 is 12.0. The normalized spacial score (nSPS) is 12.3. The van der Waals surface area contributed by atoms with Crippen molar-refractivity contribution in [3.8, 4) is 0 Å². The maximum Gasteiger partial charge on any atom is 0.0681 e. The summed E-state index contributed by atoms with van der Waals surface area (Å²) in [5.41, 5.74) is 3.02. The highest BCUT2D eigenvalue weighted by Gasteiger charge is 2.03. The monoisotopic (exact) mass is 260 g/mol. The summed E-state index contributed by atoms with van der Waals surface area (Å²) in [7, 11) is -0.893.